The molecule has 79 heavy (non-hydrogen) atoms. The number of benzene rings is 7. The standard InChI is InChI=1S/C45B29N5/c46-9-1(2-11(48)20(57)27(64)21(58)12(2)49)10(47)18(55)7(17(9)54)43-75-44(77-45(76-43)79-40-5(15(52)24(61)30(67)35(40)72)6-16(53)25(62)31(68)36(73)41(6)79)8-19(56)26(63)32(69)37(74)42(8)78-38-3(13(50)22(59)28(65)33(38)70)4-14(51)23(60)29(66)34(71)39(4)78. The third kappa shape index (κ3) is 7.68. The lowest BCUT2D eigenvalue weighted by atomic mass is 9.56. The van der Waals surface area contributed by atoms with Crippen LogP contribution in [-0.4, -0.2) is 252 Å². The second kappa shape index (κ2) is 19.6. The van der Waals surface area contributed by atoms with Crippen molar-refractivity contribution in [1.29, 1.82) is 0 Å². The van der Waals surface area contributed by atoms with Crippen molar-refractivity contribution in [2.45, 2.75) is 0 Å². The molecule has 34 heteroatoms. The normalized spacial score (nSPS) is 11.7. The first-order valence-electron chi connectivity index (χ1n) is 22.8. The minimum atomic E-state index is -0.446. The molecule has 0 saturated heterocycles. The SMILES string of the molecule is [B]c1c([B])c([B])c(-c2c([B])c([B])c(-c3nc(-c4c([B])c([B])c([B])c([B])c4-n4c5c([B])c([B])c([B])c([B])c5c5c([B])c([B])c([B])c([B])c54)nc(-n4c5c([B])c([B])c([B])c([B])c5c5c([B])c([B])c([B])c([B])c54)n3)c([B])c2[B])c([B])c1[B]. The van der Waals surface area contributed by atoms with Crippen LogP contribution in [0.2, 0.25) is 0 Å². The van der Waals surface area contributed by atoms with Crippen LogP contribution < -0.4 is 158 Å². The minimum Gasteiger partial charge on any atom is -0.310 e. The zero-order valence-corrected chi connectivity index (χ0v) is 41.5. The number of hydrogen-bond donors (Lipinski definition) is 0. The highest BCUT2D eigenvalue weighted by Crippen LogP contribution is 2.32. The van der Waals surface area contributed by atoms with Gasteiger partial charge in [-0.25, -0.2) is 4.98 Å². The van der Waals surface area contributed by atoms with E-state index in [1.54, 1.807) is 0 Å². The molecule has 3 heterocycles. The van der Waals surface area contributed by atoms with Crippen molar-refractivity contribution in [2.24, 2.45) is 0 Å². The Labute approximate surface area is 495 Å². The van der Waals surface area contributed by atoms with Gasteiger partial charge in [0.05, 0.1) is 0 Å². The predicted molar refractivity (Wildman–Crippen MR) is 361 cm³/mol. The Hall–Kier alpha value is -4.97. The zero-order valence-electron chi connectivity index (χ0n) is 41.5. The van der Waals surface area contributed by atoms with Gasteiger partial charge in [0, 0.05) is 38.9 Å². The number of aromatic nitrogens is 5. The van der Waals surface area contributed by atoms with E-state index in [0.29, 0.717) is 0 Å². The summed E-state index contributed by atoms with van der Waals surface area (Å²) in [6, 6.07) is 0. The Bertz CT molecular complexity index is 4330. The third-order valence-corrected chi connectivity index (χ3v) is 14.7. The fraction of sp³-hybridized carbons (Fsp3) is 0. The first kappa shape index (κ1) is 57.3. The van der Waals surface area contributed by atoms with Crippen LogP contribution in [0.4, 0.5) is 0 Å². The molecule has 0 fully saturated rings. The summed E-state index contributed by atoms with van der Waals surface area (Å²) in [5.74, 6) is -1.31. The van der Waals surface area contributed by atoms with Gasteiger partial charge in [-0.2, -0.15) is 9.97 Å². The highest BCUT2D eigenvalue weighted by molar-refractivity contribution is 6.76. The van der Waals surface area contributed by atoms with Crippen molar-refractivity contribution in [3.8, 4) is 45.5 Å². The number of rotatable bonds is 5. The molecule has 7 aromatic carbocycles. The lowest BCUT2D eigenvalue weighted by Crippen LogP contribution is -2.57. The maximum Gasteiger partial charge on any atom is 0.238 e. The zero-order chi connectivity index (χ0) is 58.3. The molecule has 0 unspecified atom stereocenters. The van der Waals surface area contributed by atoms with Crippen LogP contribution in [0.3, 0.4) is 0 Å². The molecule has 10 aromatic rings. The summed E-state index contributed by atoms with van der Waals surface area (Å²) in [7, 11) is 194. The van der Waals surface area contributed by atoms with E-state index in [1.807, 2.05) is 0 Å². The molecule has 0 aliphatic rings. The highest BCUT2D eigenvalue weighted by Gasteiger charge is 2.31. The molecule has 0 bridgehead atoms. The van der Waals surface area contributed by atoms with Crippen LogP contribution in [0.15, 0.2) is 0 Å². The fourth-order valence-electron chi connectivity index (χ4n) is 10.3. The van der Waals surface area contributed by atoms with Gasteiger partial charge in [-0.05, 0) is 32.7 Å². The van der Waals surface area contributed by atoms with Crippen molar-refractivity contribution in [1.82, 2.24) is 24.1 Å². The summed E-state index contributed by atoms with van der Waals surface area (Å²) < 4.78 is 2.66. The summed E-state index contributed by atoms with van der Waals surface area (Å²) in [5.41, 5.74) is -6.56. The Morgan fingerprint density at radius 1 is 0.177 bits per heavy atom. The monoisotopic (exact) mass is 929 g/mol. The molecule has 3 aromatic heterocycles. The average molecular weight is 924 g/mol. The molecular formula is C45B29N5. The van der Waals surface area contributed by atoms with Crippen molar-refractivity contribution in [3.63, 3.8) is 0 Å². The fourth-order valence-corrected chi connectivity index (χ4v) is 10.3. The summed E-state index contributed by atoms with van der Waals surface area (Å²) in [6.45, 7) is 0. The molecule has 0 aliphatic heterocycles. The van der Waals surface area contributed by atoms with Gasteiger partial charge in [0.2, 0.25) is 5.95 Å². The smallest absolute Gasteiger partial charge is 0.238 e. The van der Waals surface area contributed by atoms with Gasteiger partial charge in [0.15, 0.2) is 11.6 Å². The van der Waals surface area contributed by atoms with E-state index in [4.69, 9.17) is 242 Å². The van der Waals surface area contributed by atoms with E-state index in [9.17, 15) is 0 Å². The summed E-state index contributed by atoms with van der Waals surface area (Å²) in [4.78, 5) is 14.9. The van der Waals surface area contributed by atoms with Gasteiger partial charge >= 0.3 is 0 Å². The van der Waals surface area contributed by atoms with Crippen LogP contribution in [0, 0.1) is 0 Å². The van der Waals surface area contributed by atoms with Crippen LogP contribution in [-0.2, 0) is 0 Å². The molecule has 0 saturated carbocycles. The lowest BCUT2D eigenvalue weighted by molar-refractivity contribution is 0.957. The lowest BCUT2D eigenvalue weighted by Gasteiger charge is -2.28. The van der Waals surface area contributed by atoms with Crippen LogP contribution in [0.25, 0.3) is 89.2 Å². The Balaban J connectivity index is 1.48. The average Bonchev–Trinajstić information content (AvgIpc) is 4.17. The molecule has 292 valence electrons. The van der Waals surface area contributed by atoms with Crippen LogP contribution in [0.1, 0.15) is 0 Å². The first-order valence-corrected chi connectivity index (χ1v) is 22.8. The summed E-state index contributed by atoms with van der Waals surface area (Å²) in [5, 5.41) is 0.330. The second-order valence-electron chi connectivity index (χ2n) is 18.7. The first-order chi connectivity index (χ1) is 36.9. The molecule has 10 rings (SSSR count). The largest absolute Gasteiger partial charge is 0.310 e. The van der Waals surface area contributed by atoms with Crippen LogP contribution >= 0.6 is 0 Å². The maximum absolute atomic E-state index is 7.12. The Kier molecular flexibility index (Phi) is 14.2. The molecule has 0 N–H and O–H groups in total. The third-order valence-electron chi connectivity index (χ3n) is 14.7. The number of nitrogens with zero attached hydrogens (tertiary/aromatic N) is 5. The number of hydrogen-bond acceptors (Lipinski definition) is 3. The van der Waals surface area contributed by atoms with Gasteiger partial charge in [-0.15, -0.1) is 71.0 Å². The predicted octanol–water partition coefficient (Wildman–Crippen LogP) is -23.9. The van der Waals surface area contributed by atoms with Crippen molar-refractivity contribution in [3.05, 3.63) is 0 Å². The quantitative estimate of drug-likeness (QED) is 0.162. The van der Waals surface area contributed by atoms with Gasteiger partial charge in [0.1, 0.15) is 228 Å². The molecule has 0 atom stereocenters. The molecule has 0 aliphatic carbocycles. The van der Waals surface area contributed by atoms with E-state index in [-0.39, 0.29) is 230 Å². The Morgan fingerprint density at radius 3 is 0.722 bits per heavy atom. The second-order valence-corrected chi connectivity index (χ2v) is 18.7. The van der Waals surface area contributed by atoms with E-state index < -0.39 is 17.6 Å². The van der Waals surface area contributed by atoms with Crippen molar-refractivity contribution >= 4 is 430 Å². The van der Waals surface area contributed by atoms with Gasteiger partial charge in [-0.1, -0.05) is 87.4 Å². The topological polar surface area (TPSA) is 48.5 Å². The Morgan fingerprint density at radius 2 is 0.392 bits per heavy atom. The molecule has 0 amide bonds. The van der Waals surface area contributed by atoms with Crippen molar-refractivity contribution < 1.29 is 0 Å². The van der Waals surface area contributed by atoms with Crippen LogP contribution in [0.5, 0.6) is 0 Å². The molecule has 5 nitrogen and oxygen atoms in total. The van der Waals surface area contributed by atoms with E-state index in [2.05, 4.69) is 0 Å². The van der Waals surface area contributed by atoms with Gasteiger partial charge < -0.3 is 4.57 Å². The summed E-state index contributed by atoms with van der Waals surface area (Å²) >= 11 is 0. The van der Waals surface area contributed by atoms with Gasteiger partial charge in [0.25, 0.3) is 0 Å². The van der Waals surface area contributed by atoms with Crippen molar-refractivity contribution in [2.75, 3.05) is 0 Å². The molecule has 0 spiro atoms. The summed E-state index contributed by atoms with van der Waals surface area (Å²) in [6.07, 6.45) is 0. The molecule has 58 radical (unpaired) electrons. The minimum absolute atomic E-state index is 0.0178. The molecular weight excluding hydrogens is 924 g/mol. The van der Waals surface area contributed by atoms with E-state index >= 15 is 0 Å². The maximum atomic E-state index is 7.12. The highest BCUT2D eigenvalue weighted by atomic mass is 15.2. The van der Waals surface area contributed by atoms with E-state index in [1.165, 1.54) is 9.13 Å². The number of fused-ring (bicyclic) bond motifs is 6. The van der Waals surface area contributed by atoms with E-state index in [0.717, 1.165) is 0 Å². The van der Waals surface area contributed by atoms with Gasteiger partial charge in [-0.3, -0.25) is 4.57 Å².